The van der Waals surface area contributed by atoms with Crippen LogP contribution < -0.4 is 10.9 Å². The van der Waals surface area contributed by atoms with Gasteiger partial charge in [-0.25, -0.2) is 4.39 Å². The summed E-state index contributed by atoms with van der Waals surface area (Å²) in [6.07, 6.45) is 0. The molecule has 0 aliphatic rings. The summed E-state index contributed by atoms with van der Waals surface area (Å²) in [7, 11) is -3.09. The van der Waals surface area contributed by atoms with Crippen molar-refractivity contribution in [1.29, 1.82) is 0 Å². The lowest BCUT2D eigenvalue weighted by molar-refractivity contribution is -0.384. The summed E-state index contributed by atoms with van der Waals surface area (Å²) in [5, 5.41) is 44.5. The molecule has 2 aromatic carbocycles. The Labute approximate surface area is 125 Å². The van der Waals surface area contributed by atoms with Gasteiger partial charge in [-0.15, -0.1) is 0 Å². The zero-order valence-electron chi connectivity index (χ0n) is 11.2. The van der Waals surface area contributed by atoms with Crippen molar-refractivity contribution in [3.63, 3.8) is 0 Å². The van der Waals surface area contributed by atoms with Crippen LogP contribution in [-0.4, -0.2) is 39.3 Å². The number of hydrogen-bond donors (Lipinski definition) is 4. The fraction of sp³-hybridized carbons (Fsp3) is 0. The van der Waals surface area contributed by atoms with Crippen LogP contribution in [0.2, 0.25) is 0 Å². The Hall–Kier alpha value is -2.26. The number of nitrogens with zero attached hydrogens (tertiary/aromatic N) is 1. The van der Waals surface area contributed by atoms with E-state index >= 15 is 0 Å². The Balaban J connectivity index is 0.000000224. The van der Waals surface area contributed by atoms with Gasteiger partial charge < -0.3 is 20.1 Å². The van der Waals surface area contributed by atoms with Crippen LogP contribution in [-0.2, 0) is 0 Å². The third-order valence-corrected chi connectivity index (χ3v) is 2.57. The minimum atomic E-state index is -1.58. The molecule has 2 rings (SSSR count). The Morgan fingerprint density at radius 2 is 1.18 bits per heavy atom. The topological polar surface area (TPSA) is 124 Å². The van der Waals surface area contributed by atoms with Crippen molar-refractivity contribution < 1.29 is 29.4 Å². The lowest BCUT2D eigenvalue weighted by Crippen LogP contribution is -2.29. The van der Waals surface area contributed by atoms with Crippen LogP contribution in [0.3, 0.4) is 0 Å². The van der Waals surface area contributed by atoms with E-state index in [9.17, 15) is 14.5 Å². The molecule has 0 unspecified atom stereocenters. The predicted molar refractivity (Wildman–Crippen MR) is 79.1 cm³/mol. The van der Waals surface area contributed by atoms with Crippen molar-refractivity contribution in [2.75, 3.05) is 0 Å². The zero-order chi connectivity index (χ0) is 16.7. The van der Waals surface area contributed by atoms with Crippen LogP contribution in [0.4, 0.5) is 10.1 Å². The minimum absolute atomic E-state index is 0.0700. The van der Waals surface area contributed by atoms with Gasteiger partial charge >= 0.3 is 14.2 Å². The lowest BCUT2D eigenvalue weighted by atomic mass is 9.80. The molecule has 0 radical (unpaired) electrons. The van der Waals surface area contributed by atoms with E-state index in [1.54, 1.807) is 0 Å². The Morgan fingerprint density at radius 3 is 1.50 bits per heavy atom. The molecular weight excluding hydrogens is 295 g/mol. The summed E-state index contributed by atoms with van der Waals surface area (Å²) >= 11 is 0. The normalized spacial score (nSPS) is 9.50. The van der Waals surface area contributed by atoms with Crippen LogP contribution in [0.25, 0.3) is 0 Å². The maximum atomic E-state index is 12.2. The van der Waals surface area contributed by atoms with E-state index in [0.29, 0.717) is 5.46 Å². The van der Waals surface area contributed by atoms with E-state index in [2.05, 4.69) is 0 Å². The largest absolute Gasteiger partial charge is 0.488 e. The molecule has 4 N–H and O–H groups in total. The predicted octanol–water partition coefficient (Wildman–Crippen LogP) is -1.22. The number of halogens is 1. The maximum Gasteiger partial charge on any atom is 0.488 e. The SMILES string of the molecule is O=[N+]([O-])c1ccc(B(O)O)cc1.OB(O)c1ccc(F)cc1. The fourth-order valence-corrected chi connectivity index (χ4v) is 1.40. The highest BCUT2D eigenvalue weighted by Crippen LogP contribution is 2.06. The number of nitro groups is 1. The first-order valence-electron chi connectivity index (χ1n) is 6.03. The van der Waals surface area contributed by atoms with E-state index in [-0.39, 0.29) is 17.0 Å². The van der Waals surface area contributed by atoms with Crippen LogP contribution in [0.1, 0.15) is 0 Å². The highest BCUT2D eigenvalue weighted by atomic mass is 19.1. The van der Waals surface area contributed by atoms with E-state index in [4.69, 9.17) is 20.1 Å². The van der Waals surface area contributed by atoms with Gasteiger partial charge in [0.1, 0.15) is 5.82 Å². The number of benzene rings is 2. The van der Waals surface area contributed by atoms with Gasteiger partial charge in [0.25, 0.3) is 5.69 Å². The van der Waals surface area contributed by atoms with Crippen molar-refractivity contribution in [1.82, 2.24) is 0 Å². The quantitative estimate of drug-likeness (QED) is 0.320. The molecule has 114 valence electrons. The Kier molecular flexibility index (Phi) is 6.67. The zero-order valence-corrected chi connectivity index (χ0v) is 11.2. The van der Waals surface area contributed by atoms with E-state index in [1.807, 2.05) is 0 Å². The standard InChI is InChI=1S/C6H6BFO2.C6H6BNO4/c8-6-3-1-5(2-4-6)7(9)10;9-7(10)5-1-3-6(4-2-5)8(11)12/h1-4,9-10H;1-4,9-10H. The second kappa shape index (κ2) is 8.25. The molecule has 0 aromatic heterocycles. The molecule has 0 saturated carbocycles. The molecule has 22 heavy (non-hydrogen) atoms. The van der Waals surface area contributed by atoms with Gasteiger partial charge in [0, 0.05) is 12.1 Å². The summed E-state index contributed by atoms with van der Waals surface area (Å²) in [5.74, 6) is -0.385. The van der Waals surface area contributed by atoms with Gasteiger partial charge in [0.15, 0.2) is 0 Å². The molecule has 10 heteroatoms. The minimum Gasteiger partial charge on any atom is -0.423 e. The molecule has 0 atom stereocenters. The average Bonchev–Trinajstić information content (AvgIpc) is 2.48. The van der Waals surface area contributed by atoms with E-state index < -0.39 is 19.2 Å². The monoisotopic (exact) mass is 307 g/mol. The van der Waals surface area contributed by atoms with Crippen LogP contribution in [0.5, 0.6) is 0 Å². The molecule has 0 amide bonds. The summed E-state index contributed by atoms with van der Waals surface area (Å²) in [4.78, 5) is 9.61. The first-order chi connectivity index (χ1) is 10.3. The molecular formula is C12H12B2FNO6. The first-order valence-corrected chi connectivity index (χ1v) is 6.03. The van der Waals surface area contributed by atoms with Crippen LogP contribution in [0.15, 0.2) is 48.5 Å². The van der Waals surface area contributed by atoms with Gasteiger partial charge in [0.05, 0.1) is 4.92 Å². The van der Waals surface area contributed by atoms with E-state index in [0.717, 1.165) is 0 Å². The summed E-state index contributed by atoms with van der Waals surface area (Å²) < 4.78 is 12.2. The average molecular weight is 307 g/mol. The van der Waals surface area contributed by atoms with Gasteiger partial charge in [-0.3, -0.25) is 10.1 Å². The number of rotatable bonds is 3. The highest BCUT2D eigenvalue weighted by Gasteiger charge is 2.12. The van der Waals surface area contributed by atoms with Crippen LogP contribution >= 0.6 is 0 Å². The highest BCUT2D eigenvalue weighted by molar-refractivity contribution is 6.58. The molecule has 0 heterocycles. The molecule has 0 bridgehead atoms. The van der Waals surface area contributed by atoms with Crippen molar-refractivity contribution in [2.45, 2.75) is 0 Å². The molecule has 0 fully saturated rings. The van der Waals surface area contributed by atoms with Crippen molar-refractivity contribution >= 4 is 30.8 Å². The van der Waals surface area contributed by atoms with Gasteiger partial charge in [0.2, 0.25) is 0 Å². The second-order valence-corrected chi connectivity index (χ2v) is 4.15. The van der Waals surface area contributed by atoms with E-state index in [1.165, 1.54) is 48.5 Å². The smallest absolute Gasteiger partial charge is 0.423 e. The lowest BCUT2D eigenvalue weighted by Gasteiger charge is -1.96. The summed E-state index contributed by atoms with van der Waals surface area (Å²) in [5.41, 5.74) is 0.460. The van der Waals surface area contributed by atoms with Crippen LogP contribution in [0, 0.1) is 15.9 Å². The molecule has 0 spiro atoms. The fourth-order valence-electron chi connectivity index (χ4n) is 1.40. The van der Waals surface area contributed by atoms with Crippen molar-refractivity contribution in [3.8, 4) is 0 Å². The van der Waals surface area contributed by atoms with Gasteiger partial charge in [-0.2, -0.15) is 0 Å². The first kappa shape index (κ1) is 17.8. The second-order valence-electron chi connectivity index (χ2n) is 4.15. The van der Waals surface area contributed by atoms with Crippen molar-refractivity contribution in [3.05, 3.63) is 64.5 Å². The summed E-state index contributed by atoms with van der Waals surface area (Å²) in [6, 6.07) is 10.0. The summed E-state index contributed by atoms with van der Waals surface area (Å²) in [6.45, 7) is 0. The van der Waals surface area contributed by atoms with Gasteiger partial charge in [-0.1, -0.05) is 24.3 Å². The molecule has 0 aliphatic heterocycles. The Bertz CT molecular complexity index is 606. The van der Waals surface area contributed by atoms with Gasteiger partial charge in [-0.05, 0) is 23.1 Å². The third-order valence-electron chi connectivity index (χ3n) is 2.57. The molecule has 0 saturated heterocycles. The maximum absolute atomic E-state index is 12.2. The third kappa shape index (κ3) is 5.62. The Morgan fingerprint density at radius 1 is 0.818 bits per heavy atom. The van der Waals surface area contributed by atoms with Crippen molar-refractivity contribution in [2.24, 2.45) is 0 Å². The molecule has 0 aliphatic carbocycles. The number of nitro benzene ring substituents is 1. The number of non-ortho nitro benzene ring substituents is 1. The molecule has 7 nitrogen and oxygen atoms in total. The number of hydrogen-bond acceptors (Lipinski definition) is 6. The molecule has 2 aromatic rings.